The van der Waals surface area contributed by atoms with E-state index in [9.17, 15) is 4.79 Å². The van der Waals surface area contributed by atoms with Gasteiger partial charge in [0.25, 0.3) is 0 Å². The van der Waals surface area contributed by atoms with Gasteiger partial charge in [0.1, 0.15) is 12.4 Å². The second-order valence-electron chi connectivity index (χ2n) is 3.30. The highest BCUT2D eigenvalue weighted by molar-refractivity contribution is 5.77. The van der Waals surface area contributed by atoms with E-state index in [0.29, 0.717) is 12.2 Å². The van der Waals surface area contributed by atoms with Gasteiger partial charge in [0.2, 0.25) is 0 Å². The van der Waals surface area contributed by atoms with Crippen LogP contribution in [0, 0.1) is 0 Å². The predicted molar refractivity (Wildman–Crippen MR) is 50.8 cm³/mol. The van der Waals surface area contributed by atoms with Crippen LogP contribution in [0.4, 0.5) is 0 Å². The van der Waals surface area contributed by atoms with Crippen LogP contribution < -0.4 is 0 Å². The Morgan fingerprint density at radius 2 is 2.21 bits per heavy atom. The van der Waals surface area contributed by atoms with E-state index in [1.54, 1.807) is 6.07 Å². The van der Waals surface area contributed by atoms with Crippen molar-refractivity contribution in [3.63, 3.8) is 0 Å². The summed E-state index contributed by atoms with van der Waals surface area (Å²) in [5.74, 6) is 0. The van der Waals surface area contributed by atoms with E-state index in [2.05, 4.69) is 0 Å². The van der Waals surface area contributed by atoms with Crippen LogP contribution in [-0.2, 0) is 9.78 Å². The molecule has 0 aliphatic carbocycles. The first-order valence-corrected chi connectivity index (χ1v) is 4.74. The molecule has 0 amide bonds. The van der Waals surface area contributed by atoms with Gasteiger partial charge in [-0.25, -0.2) is 9.78 Å². The zero-order valence-corrected chi connectivity index (χ0v) is 7.81. The van der Waals surface area contributed by atoms with Crippen molar-refractivity contribution in [3.8, 4) is 0 Å². The fraction of sp³-hybridized carbons (Fsp3) is 0.364. The fourth-order valence-electron chi connectivity index (χ4n) is 1.62. The van der Waals surface area contributed by atoms with E-state index in [1.807, 2.05) is 18.2 Å². The van der Waals surface area contributed by atoms with Gasteiger partial charge in [0.05, 0.1) is 6.61 Å². The van der Waals surface area contributed by atoms with Crippen LogP contribution in [0.1, 0.15) is 34.9 Å². The molecule has 1 aromatic rings. The summed E-state index contributed by atoms with van der Waals surface area (Å²) in [5, 5.41) is 0. The average molecular weight is 192 g/mol. The molecule has 0 radical (unpaired) electrons. The van der Waals surface area contributed by atoms with Crippen molar-refractivity contribution in [2.45, 2.75) is 18.9 Å². The van der Waals surface area contributed by atoms with E-state index < -0.39 is 0 Å². The van der Waals surface area contributed by atoms with Crippen LogP contribution in [0.2, 0.25) is 0 Å². The Morgan fingerprint density at radius 3 is 2.93 bits per heavy atom. The maximum Gasteiger partial charge on any atom is 0.150 e. The number of hydrogen-bond acceptors (Lipinski definition) is 3. The molecule has 3 nitrogen and oxygen atoms in total. The van der Waals surface area contributed by atoms with Crippen LogP contribution >= 0.6 is 0 Å². The second kappa shape index (κ2) is 4.35. The first kappa shape index (κ1) is 9.37. The van der Waals surface area contributed by atoms with Crippen LogP contribution in [0.3, 0.4) is 0 Å². The molecule has 1 heterocycles. The molecule has 0 N–H and O–H groups in total. The van der Waals surface area contributed by atoms with Gasteiger partial charge in [0.15, 0.2) is 0 Å². The lowest BCUT2D eigenvalue weighted by atomic mass is 10.00. The Labute approximate surface area is 82.6 Å². The zero-order valence-electron chi connectivity index (χ0n) is 7.81. The number of hydrogen-bond donors (Lipinski definition) is 0. The lowest BCUT2D eigenvalue weighted by Crippen LogP contribution is -2.14. The zero-order chi connectivity index (χ0) is 9.80. The Hall–Kier alpha value is -1.19. The van der Waals surface area contributed by atoms with Crippen LogP contribution in [0.5, 0.6) is 0 Å². The summed E-state index contributed by atoms with van der Waals surface area (Å²) < 4.78 is 0. The van der Waals surface area contributed by atoms with Gasteiger partial charge in [-0.2, -0.15) is 0 Å². The highest BCUT2D eigenvalue weighted by atomic mass is 17.2. The molecular weight excluding hydrogens is 180 g/mol. The number of rotatable bonds is 2. The van der Waals surface area contributed by atoms with E-state index in [-0.39, 0.29) is 6.10 Å². The maximum absolute atomic E-state index is 10.8. The minimum Gasteiger partial charge on any atom is -0.298 e. The van der Waals surface area contributed by atoms with Gasteiger partial charge in [-0.05, 0) is 18.4 Å². The Morgan fingerprint density at radius 1 is 1.36 bits per heavy atom. The molecule has 0 saturated carbocycles. The highest BCUT2D eigenvalue weighted by Gasteiger charge is 2.19. The average Bonchev–Trinajstić information content (AvgIpc) is 2.30. The summed E-state index contributed by atoms with van der Waals surface area (Å²) in [6, 6.07) is 7.45. The maximum atomic E-state index is 10.8. The normalized spacial score (nSPS) is 21.9. The van der Waals surface area contributed by atoms with Crippen LogP contribution in [0.15, 0.2) is 24.3 Å². The Bertz CT molecular complexity index is 316. The summed E-state index contributed by atoms with van der Waals surface area (Å²) in [6.07, 6.45) is 2.64. The molecule has 0 spiro atoms. The van der Waals surface area contributed by atoms with Crippen molar-refractivity contribution < 1.29 is 14.6 Å². The summed E-state index contributed by atoms with van der Waals surface area (Å²) >= 11 is 0. The van der Waals surface area contributed by atoms with Gasteiger partial charge in [0, 0.05) is 5.56 Å². The van der Waals surface area contributed by atoms with Gasteiger partial charge < -0.3 is 0 Å². The van der Waals surface area contributed by atoms with E-state index >= 15 is 0 Å². The van der Waals surface area contributed by atoms with Gasteiger partial charge in [-0.1, -0.05) is 24.3 Å². The van der Waals surface area contributed by atoms with E-state index in [4.69, 9.17) is 9.78 Å². The van der Waals surface area contributed by atoms with Gasteiger partial charge in [-0.15, -0.1) is 0 Å². The van der Waals surface area contributed by atoms with Gasteiger partial charge >= 0.3 is 0 Å². The summed E-state index contributed by atoms with van der Waals surface area (Å²) in [5.41, 5.74) is 1.60. The number of aldehydes is 1. The molecule has 0 bridgehead atoms. The van der Waals surface area contributed by atoms with Crippen LogP contribution in [0.25, 0.3) is 0 Å². The molecule has 0 aromatic heterocycles. The summed E-state index contributed by atoms with van der Waals surface area (Å²) in [7, 11) is 0. The SMILES string of the molecule is O=Cc1ccccc1C1CCCOO1. The summed E-state index contributed by atoms with van der Waals surface area (Å²) in [6.45, 7) is 0.639. The van der Waals surface area contributed by atoms with Crippen molar-refractivity contribution in [3.05, 3.63) is 35.4 Å². The lowest BCUT2D eigenvalue weighted by Gasteiger charge is -2.22. The molecule has 1 fully saturated rings. The minimum atomic E-state index is -0.0925. The fourth-order valence-corrected chi connectivity index (χ4v) is 1.62. The van der Waals surface area contributed by atoms with Gasteiger partial charge in [-0.3, -0.25) is 4.79 Å². The van der Waals surface area contributed by atoms with Crippen LogP contribution in [-0.4, -0.2) is 12.9 Å². The molecule has 1 unspecified atom stereocenters. The number of carbonyl (C=O) groups excluding carboxylic acids is 1. The minimum absolute atomic E-state index is 0.0925. The van der Waals surface area contributed by atoms with E-state index in [1.165, 1.54) is 0 Å². The molecule has 14 heavy (non-hydrogen) atoms. The van der Waals surface area contributed by atoms with Crippen molar-refractivity contribution in [1.29, 1.82) is 0 Å². The van der Waals surface area contributed by atoms with Crippen molar-refractivity contribution >= 4 is 6.29 Å². The Kier molecular flexibility index (Phi) is 2.91. The molecular formula is C11H12O3. The third-order valence-electron chi connectivity index (χ3n) is 2.35. The first-order valence-electron chi connectivity index (χ1n) is 4.74. The standard InChI is InChI=1S/C11H12O3/c12-8-9-4-1-2-5-10(9)11-6-3-7-13-14-11/h1-2,4-5,8,11H,3,6-7H2. The monoisotopic (exact) mass is 192 g/mol. The smallest absolute Gasteiger partial charge is 0.150 e. The molecule has 1 atom stereocenters. The molecule has 74 valence electrons. The molecule has 1 aliphatic rings. The predicted octanol–water partition coefficient (Wildman–Crippen LogP) is 2.28. The molecule has 1 aromatic carbocycles. The van der Waals surface area contributed by atoms with Crippen molar-refractivity contribution in [1.82, 2.24) is 0 Å². The van der Waals surface area contributed by atoms with Crippen molar-refractivity contribution in [2.75, 3.05) is 6.61 Å². The molecule has 1 aliphatic heterocycles. The van der Waals surface area contributed by atoms with Crippen molar-refractivity contribution in [2.24, 2.45) is 0 Å². The topological polar surface area (TPSA) is 35.5 Å². The first-order chi connectivity index (χ1) is 6.92. The third-order valence-corrected chi connectivity index (χ3v) is 2.35. The quantitative estimate of drug-likeness (QED) is 0.532. The Balaban J connectivity index is 2.24. The highest BCUT2D eigenvalue weighted by Crippen LogP contribution is 2.28. The summed E-state index contributed by atoms with van der Waals surface area (Å²) in [4.78, 5) is 20.8. The third kappa shape index (κ3) is 1.84. The number of benzene rings is 1. The second-order valence-corrected chi connectivity index (χ2v) is 3.30. The lowest BCUT2D eigenvalue weighted by molar-refractivity contribution is -0.348. The molecule has 3 heteroatoms. The van der Waals surface area contributed by atoms with E-state index in [0.717, 1.165) is 24.7 Å². The molecule has 2 rings (SSSR count). The largest absolute Gasteiger partial charge is 0.298 e. The number of carbonyl (C=O) groups is 1. The molecule has 1 saturated heterocycles.